The highest BCUT2D eigenvalue weighted by molar-refractivity contribution is 5.79. The Kier molecular flexibility index (Phi) is 3.21. The van der Waals surface area contributed by atoms with Crippen LogP contribution in [0.15, 0.2) is 16.9 Å². The molecule has 0 aliphatic carbocycles. The molecule has 0 spiro atoms. The highest BCUT2D eigenvalue weighted by Crippen LogP contribution is 2.13. The molecular formula is C10H15N3O3. The first kappa shape index (κ1) is 11.1. The zero-order valence-corrected chi connectivity index (χ0v) is 9.13. The van der Waals surface area contributed by atoms with Crippen molar-refractivity contribution in [3.63, 3.8) is 0 Å². The van der Waals surface area contributed by atoms with E-state index in [1.807, 2.05) is 6.92 Å². The molecule has 1 aliphatic rings. The molecule has 2 atom stereocenters. The van der Waals surface area contributed by atoms with E-state index in [0.717, 1.165) is 12.2 Å². The number of carbonyl (C=O) groups is 1. The SMILES string of the molecule is C[C@@H]1CN(Cc2ccon2)C[C@H](C(N)=O)O1. The minimum atomic E-state index is -0.532. The minimum Gasteiger partial charge on any atom is -0.367 e. The Morgan fingerprint density at radius 3 is 3.12 bits per heavy atom. The van der Waals surface area contributed by atoms with E-state index in [1.165, 1.54) is 6.26 Å². The molecule has 6 nitrogen and oxygen atoms in total. The van der Waals surface area contributed by atoms with Crippen LogP contribution in [0.4, 0.5) is 0 Å². The zero-order valence-electron chi connectivity index (χ0n) is 9.13. The van der Waals surface area contributed by atoms with Crippen molar-refractivity contribution in [3.05, 3.63) is 18.0 Å². The molecule has 1 saturated heterocycles. The van der Waals surface area contributed by atoms with Crippen molar-refractivity contribution in [1.29, 1.82) is 0 Å². The fourth-order valence-electron chi connectivity index (χ4n) is 1.87. The second-order valence-electron chi connectivity index (χ2n) is 4.02. The second kappa shape index (κ2) is 4.63. The van der Waals surface area contributed by atoms with Gasteiger partial charge in [-0.3, -0.25) is 9.69 Å². The van der Waals surface area contributed by atoms with Crippen LogP contribution in [0.1, 0.15) is 12.6 Å². The second-order valence-corrected chi connectivity index (χ2v) is 4.02. The van der Waals surface area contributed by atoms with E-state index >= 15 is 0 Å². The van der Waals surface area contributed by atoms with Gasteiger partial charge in [-0.05, 0) is 6.92 Å². The van der Waals surface area contributed by atoms with Gasteiger partial charge in [0.05, 0.1) is 11.8 Å². The molecule has 0 radical (unpaired) electrons. The van der Waals surface area contributed by atoms with Crippen LogP contribution in [-0.2, 0) is 16.1 Å². The van der Waals surface area contributed by atoms with E-state index in [4.69, 9.17) is 15.0 Å². The molecule has 2 heterocycles. The molecule has 1 aliphatic heterocycles. The van der Waals surface area contributed by atoms with Gasteiger partial charge >= 0.3 is 0 Å². The fourth-order valence-corrected chi connectivity index (χ4v) is 1.87. The molecule has 0 saturated carbocycles. The number of hydrogen-bond acceptors (Lipinski definition) is 5. The molecule has 0 aromatic carbocycles. The summed E-state index contributed by atoms with van der Waals surface area (Å²) in [5.74, 6) is -0.420. The standard InChI is InChI=1S/C10H15N3O3/c1-7-4-13(5-8-2-3-15-12-8)6-9(16-7)10(11)14/h2-3,7,9H,4-6H2,1H3,(H2,11,14)/t7-,9-/m1/s1. The summed E-state index contributed by atoms with van der Waals surface area (Å²) in [6, 6.07) is 1.80. The van der Waals surface area contributed by atoms with Gasteiger partial charge in [-0.25, -0.2) is 0 Å². The molecule has 1 amide bonds. The van der Waals surface area contributed by atoms with Gasteiger partial charge in [0, 0.05) is 25.7 Å². The summed E-state index contributed by atoms with van der Waals surface area (Å²) in [6.07, 6.45) is 0.999. The Balaban J connectivity index is 1.97. The molecule has 16 heavy (non-hydrogen) atoms. The lowest BCUT2D eigenvalue weighted by Gasteiger charge is -2.34. The predicted molar refractivity (Wildman–Crippen MR) is 55.3 cm³/mol. The summed E-state index contributed by atoms with van der Waals surface area (Å²) < 4.78 is 10.2. The first-order chi connectivity index (χ1) is 7.65. The topological polar surface area (TPSA) is 81.6 Å². The number of nitrogens with two attached hydrogens (primary N) is 1. The van der Waals surface area contributed by atoms with Crippen LogP contribution in [0.5, 0.6) is 0 Å². The van der Waals surface area contributed by atoms with Crippen molar-refractivity contribution < 1.29 is 14.1 Å². The van der Waals surface area contributed by atoms with Crippen LogP contribution in [0, 0.1) is 0 Å². The molecular weight excluding hydrogens is 210 g/mol. The summed E-state index contributed by atoms with van der Waals surface area (Å²) in [6.45, 7) is 3.84. The van der Waals surface area contributed by atoms with Crippen molar-refractivity contribution in [2.75, 3.05) is 13.1 Å². The monoisotopic (exact) mass is 225 g/mol. The third kappa shape index (κ3) is 2.59. The summed E-state index contributed by atoms with van der Waals surface area (Å²) >= 11 is 0. The largest absolute Gasteiger partial charge is 0.367 e. The van der Waals surface area contributed by atoms with Gasteiger partial charge in [-0.1, -0.05) is 5.16 Å². The molecule has 2 N–H and O–H groups in total. The predicted octanol–water partition coefficient (Wildman–Crippen LogP) is -0.251. The number of ether oxygens (including phenoxy) is 1. The van der Waals surface area contributed by atoms with Crippen LogP contribution in [-0.4, -0.2) is 41.3 Å². The molecule has 1 aromatic rings. The van der Waals surface area contributed by atoms with Crippen LogP contribution < -0.4 is 5.73 Å². The summed E-state index contributed by atoms with van der Waals surface area (Å²) in [5, 5.41) is 3.83. The van der Waals surface area contributed by atoms with E-state index < -0.39 is 12.0 Å². The van der Waals surface area contributed by atoms with Crippen LogP contribution in [0.25, 0.3) is 0 Å². The van der Waals surface area contributed by atoms with Crippen molar-refractivity contribution >= 4 is 5.91 Å². The third-order valence-electron chi connectivity index (χ3n) is 2.53. The maximum absolute atomic E-state index is 11.1. The maximum atomic E-state index is 11.1. The van der Waals surface area contributed by atoms with Gasteiger partial charge in [0.1, 0.15) is 12.4 Å². The maximum Gasteiger partial charge on any atom is 0.247 e. The van der Waals surface area contributed by atoms with E-state index in [9.17, 15) is 4.79 Å². The van der Waals surface area contributed by atoms with Crippen molar-refractivity contribution in [1.82, 2.24) is 10.1 Å². The number of nitrogens with zero attached hydrogens (tertiary/aromatic N) is 2. The smallest absolute Gasteiger partial charge is 0.247 e. The molecule has 1 fully saturated rings. The van der Waals surface area contributed by atoms with Gasteiger partial charge in [0.25, 0.3) is 0 Å². The molecule has 1 aromatic heterocycles. The van der Waals surface area contributed by atoms with Gasteiger partial charge in [0.2, 0.25) is 5.91 Å². The average Bonchev–Trinajstić information content (AvgIpc) is 2.69. The first-order valence-electron chi connectivity index (χ1n) is 5.21. The summed E-state index contributed by atoms with van der Waals surface area (Å²) in [7, 11) is 0. The third-order valence-corrected chi connectivity index (χ3v) is 2.53. The van der Waals surface area contributed by atoms with Gasteiger partial charge in [0.15, 0.2) is 0 Å². The molecule has 6 heteroatoms. The number of hydrogen-bond donors (Lipinski definition) is 1. The van der Waals surface area contributed by atoms with Crippen molar-refractivity contribution in [2.24, 2.45) is 5.73 Å². The molecule has 0 bridgehead atoms. The quantitative estimate of drug-likeness (QED) is 0.767. The van der Waals surface area contributed by atoms with E-state index in [1.54, 1.807) is 6.07 Å². The lowest BCUT2D eigenvalue weighted by Crippen LogP contribution is -2.51. The average molecular weight is 225 g/mol. The summed E-state index contributed by atoms with van der Waals surface area (Å²) in [5.41, 5.74) is 6.09. The van der Waals surface area contributed by atoms with Crippen molar-refractivity contribution in [3.8, 4) is 0 Å². The number of carbonyl (C=O) groups excluding carboxylic acids is 1. The summed E-state index contributed by atoms with van der Waals surface area (Å²) in [4.78, 5) is 13.2. The first-order valence-corrected chi connectivity index (χ1v) is 5.21. The highest BCUT2D eigenvalue weighted by atomic mass is 16.5. The lowest BCUT2D eigenvalue weighted by molar-refractivity contribution is -0.142. The van der Waals surface area contributed by atoms with Crippen LogP contribution >= 0.6 is 0 Å². The zero-order chi connectivity index (χ0) is 11.5. The van der Waals surface area contributed by atoms with E-state index in [-0.39, 0.29) is 6.10 Å². The number of primary amides is 1. The molecule has 0 unspecified atom stereocenters. The Labute approximate surface area is 93.3 Å². The Morgan fingerprint density at radius 1 is 1.69 bits per heavy atom. The number of morpholine rings is 1. The van der Waals surface area contributed by atoms with Gasteiger partial charge < -0.3 is 15.0 Å². The van der Waals surface area contributed by atoms with Crippen molar-refractivity contribution in [2.45, 2.75) is 25.7 Å². The van der Waals surface area contributed by atoms with E-state index in [2.05, 4.69) is 10.1 Å². The Bertz CT molecular complexity index is 352. The lowest BCUT2D eigenvalue weighted by atomic mass is 10.2. The number of amides is 1. The normalized spacial score (nSPS) is 26.8. The van der Waals surface area contributed by atoms with Gasteiger partial charge in [-0.15, -0.1) is 0 Å². The van der Waals surface area contributed by atoms with Crippen LogP contribution in [0.2, 0.25) is 0 Å². The molecule has 88 valence electrons. The van der Waals surface area contributed by atoms with E-state index in [0.29, 0.717) is 13.1 Å². The Morgan fingerprint density at radius 2 is 2.50 bits per heavy atom. The Hall–Kier alpha value is -1.40. The fraction of sp³-hybridized carbons (Fsp3) is 0.600. The highest BCUT2D eigenvalue weighted by Gasteiger charge is 2.29. The van der Waals surface area contributed by atoms with Crippen LogP contribution in [0.3, 0.4) is 0 Å². The number of aromatic nitrogens is 1. The van der Waals surface area contributed by atoms with Gasteiger partial charge in [-0.2, -0.15) is 0 Å². The number of rotatable bonds is 3. The molecule has 2 rings (SSSR count). The minimum absolute atomic E-state index is 0.00171.